The van der Waals surface area contributed by atoms with Crippen molar-refractivity contribution in [1.29, 1.82) is 5.41 Å². The molecule has 246 valence electrons. The maximum absolute atomic E-state index is 10.4. The van der Waals surface area contributed by atoms with Crippen molar-refractivity contribution in [2.75, 3.05) is 12.3 Å². The van der Waals surface area contributed by atoms with Crippen LogP contribution in [0, 0.1) is 5.41 Å². The van der Waals surface area contributed by atoms with E-state index in [-0.39, 0.29) is 23.9 Å². The zero-order chi connectivity index (χ0) is 34.2. The first-order chi connectivity index (χ1) is 20.5. The molecule has 0 amide bonds. The van der Waals surface area contributed by atoms with Crippen LogP contribution in [-0.2, 0) is 32.0 Å². The molecule has 44 heavy (non-hydrogen) atoms. The minimum atomic E-state index is -1.02. The molecule has 4 atom stereocenters. The normalized spacial score (nSPS) is 12.5. The van der Waals surface area contributed by atoms with Crippen LogP contribution in [0.4, 0.5) is 0 Å². The third-order valence-corrected chi connectivity index (χ3v) is 5.56. The van der Waals surface area contributed by atoms with Crippen LogP contribution in [-0.4, -0.2) is 91.8 Å². The molecular weight excluding hydrogens is 598 g/mol. The summed E-state index contributed by atoms with van der Waals surface area (Å²) in [5, 5.41) is 51.7. The lowest BCUT2D eigenvalue weighted by molar-refractivity contribution is -0.139. The van der Waals surface area contributed by atoms with E-state index in [0.29, 0.717) is 25.8 Å². The number of carbonyl (C=O) groups is 4. The number of benzene rings is 2. The molecule has 17 heteroatoms. The Kier molecular flexibility index (Phi) is 22.8. The monoisotopic (exact) mass is 641 g/mol. The summed E-state index contributed by atoms with van der Waals surface area (Å²) >= 11 is 3.65. The van der Waals surface area contributed by atoms with E-state index >= 15 is 0 Å². The van der Waals surface area contributed by atoms with Gasteiger partial charge in [-0.15, -0.1) is 0 Å². The number of rotatable bonds is 13. The van der Waals surface area contributed by atoms with Gasteiger partial charge in [-0.3, -0.25) is 24.6 Å². The van der Waals surface area contributed by atoms with Gasteiger partial charge in [-0.2, -0.15) is 12.6 Å². The fraction of sp³-hybridized carbons (Fsp3) is 0.370. The SMILES string of the molecule is N=C(N)NCCCC(N)C(=O)O.NC(CS)C(=O)O.NC(Cc1ccc(O)cc1)C(=O)O.NC(Cc1ccccc1)C(=O)O. The van der Waals surface area contributed by atoms with Gasteiger partial charge in [0.2, 0.25) is 0 Å². The second-order valence-electron chi connectivity index (χ2n) is 9.00. The van der Waals surface area contributed by atoms with Crippen LogP contribution in [0.1, 0.15) is 24.0 Å². The highest BCUT2D eigenvalue weighted by Gasteiger charge is 2.12. The number of hydrogen-bond donors (Lipinski definition) is 13. The van der Waals surface area contributed by atoms with Crippen molar-refractivity contribution in [3.05, 3.63) is 65.7 Å². The van der Waals surface area contributed by atoms with E-state index in [0.717, 1.165) is 11.1 Å². The first-order valence-corrected chi connectivity index (χ1v) is 13.6. The van der Waals surface area contributed by atoms with Gasteiger partial charge in [-0.05, 0) is 48.9 Å². The van der Waals surface area contributed by atoms with Gasteiger partial charge in [0.25, 0.3) is 0 Å². The molecule has 0 bridgehead atoms. The van der Waals surface area contributed by atoms with E-state index < -0.39 is 48.0 Å². The summed E-state index contributed by atoms with van der Waals surface area (Å²) in [4.78, 5) is 40.7. The number of phenols is 1. The lowest BCUT2D eigenvalue weighted by Crippen LogP contribution is -2.34. The summed E-state index contributed by atoms with van der Waals surface area (Å²) in [6.07, 6.45) is 1.63. The number of aliphatic carboxylic acids is 4. The molecule has 17 N–H and O–H groups in total. The van der Waals surface area contributed by atoms with Crippen LogP contribution in [0.5, 0.6) is 5.75 Å². The Morgan fingerprint density at radius 1 is 0.705 bits per heavy atom. The Hall–Kier alpha value is -4.42. The van der Waals surface area contributed by atoms with Gasteiger partial charge in [0.1, 0.15) is 29.9 Å². The number of nitrogens with two attached hydrogens (primary N) is 5. The molecule has 0 heterocycles. The second kappa shape index (κ2) is 24.1. The Bertz CT molecular complexity index is 1140. The Morgan fingerprint density at radius 2 is 1.11 bits per heavy atom. The molecule has 0 spiro atoms. The Morgan fingerprint density at radius 3 is 1.45 bits per heavy atom. The number of phenolic OH excluding ortho intramolecular Hbond substituents is 1. The summed E-state index contributed by atoms with van der Waals surface area (Å²) in [5.41, 5.74) is 27.6. The number of guanidine groups is 1. The Labute approximate surface area is 260 Å². The largest absolute Gasteiger partial charge is 0.508 e. The number of thiol groups is 1. The molecule has 0 saturated heterocycles. The van der Waals surface area contributed by atoms with Gasteiger partial charge in [-0.25, -0.2) is 0 Å². The first-order valence-electron chi connectivity index (χ1n) is 13.0. The maximum Gasteiger partial charge on any atom is 0.321 e. The van der Waals surface area contributed by atoms with E-state index in [1.165, 1.54) is 12.1 Å². The number of aromatic hydroxyl groups is 1. The molecule has 2 aromatic carbocycles. The molecule has 4 unspecified atom stereocenters. The summed E-state index contributed by atoms with van der Waals surface area (Å²) in [6.45, 7) is 0.482. The van der Waals surface area contributed by atoms with Crippen LogP contribution in [0.2, 0.25) is 0 Å². The fourth-order valence-corrected chi connectivity index (χ4v) is 2.83. The quantitative estimate of drug-likeness (QED) is 0.0538. The van der Waals surface area contributed by atoms with Gasteiger partial charge in [-0.1, -0.05) is 42.5 Å². The standard InChI is InChI=1S/C9H11NO3.C9H11NO2.C6H14N4O2.C3H7NO2S/c10-8(9(12)13)5-6-1-3-7(11)4-2-6;10-8(9(11)12)6-7-4-2-1-3-5-7;7-4(5(11)12)2-1-3-10-6(8)9;4-2(1-7)3(5)6/h1-4,8,11H,5,10H2,(H,12,13);1-5,8H,6,10H2,(H,11,12);4H,1-3,7H2,(H,11,12)(H4,8,9,10);2,7H,1,4H2,(H,5,6). The predicted octanol–water partition coefficient (Wildman–Crippen LogP) is -1.02. The first kappa shape index (κ1) is 41.7. The molecule has 0 aliphatic carbocycles. The molecule has 0 aromatic heterocycles. The third kappa shape index (κ3) is 23.2. The molecule has 0 aliphatic rings. The fourth-order valence-electron chi connectivity index (χ4n) is 2.68. The van der Waals surface area contributed by atoms with Gasteiger partial charge in [0.05, 0.1) is 0 Å². The highest BCUT2D eigenvalue weighted by molar-refractivity contribution is 7.80. The second-order valence-corrected chi connectivity index (χ2v) is 9.37. The van der Waals surface area contributed by atoms with Gasteiger partial charge < -0.3 is 59.5 Å². The van der Waals surface area contributed by atoms with E-state index in [4.69, 9.17) is 59.6 Å². The highest BCUT2D eigenvalue weighted by Crippen LogP contribution is 2.10. The molecular formula is C27H43N7O9S. The molecule has 0 aliphatic heterocycles. The summed E-state index contributed by atoms with van der Waals surface area (Å²) in [5.74, 6) is -3.75. The molecule has 16 nitrogen and oxygen atoms in total. The third-order valence-electron chi connectivity index (χ3n) is 5.16. The minimum absolute atomic E-state index is 0.112. The topological polar surface area (TPSA) is 335 Å². The van der Waals surface area contributed by atoms with Crippen molar-refractivity contribution >= 4 is 42.5 Å². The number of hydrogen-bond acceptors (Lipinski definition) is 11. The van der Waals surface area contributed by atoms with Crippen LogP contribution < -0.4 is 34.0 Å². The van der Waals surface area contributed by atoms with Crippen molar-refractivity contribution < 1.29 is 44.7 Å². The van der Waals surface area contributed by atoms with Crippen molar-refractivity contribution in [3.8, 4) is 5.75 Å². The zero-order valence-corrected chi connectivity index (χ0v) is 24.8. The van der Waals surface area contributed by atoms with E-state index in [1.54, 1.807) is 12.1 Å². The summed E-state index contributed by atoms with van der Waals surface area (Å²) in [7, 11) is 0. The smallest absolute Gasteiger partial charge is 0.321 e. The number of carboxylic acid groups (broad SMARTS) is 4. The van der Waals surface area contributed by atoms with Crippen LogP contribution in [0.25, 0.3) is 0 Å². The lowest BCUT2D eigenvalue weighted by Gasteiger charge is -2.06. The molecule has 0 saturated carbocycles. The molecule has 2 aromatic rings. The number of carboxylic acids is 4. The highest BCUT2D eigenvalue weighted by atomic mass is 32.1. The van der Waals surface area contributed by atoms with Gasteiger partial charge in [0.15, 0.2) is 5.96 Å². The van der Waals surface area contributed by atoms with Crippen LogP contribution in [0.3, 0.4) is 0 Å². The number of nitrogens with one attached hydrogen (secondary N) is 2. The minimum Gasteiger partial charge on any atom is -0.508 e. The van der Waals surface area contributed by atoms with Crippen molar-refractivity contribution in [2.24, 2.45) is 28.7 Å². The van der Waals surface area contributed by atoms with E-state index in [2.05, 4.69) is 17.9 Å². The summed E-state index contributed by atoms with van der Waals surface area (Å²) in [6, 6.07) is 12.3. The van der Waals surface area contributed by atoms with E-state index in [1.807, 2.05) is 30.3 Å². The van der Waals surface area contributed by atoms with Crippen molar-refractivity contribution in [2.45, 2.75) is 49.9 Å². The summed E-state index contributed by atoms with van der Waals surface area (Å²) < 4.78 is 0. The predicted molar refractivity (Wildman–Crippen MR) is 167 cm³/mol. The van der Waals surface area contributed by atoms with Crippen LogP contribution >= 0.6 is 12.6 Å². The molecule has 0 radical (unpaired) electrons. The average Bonchev–Trinajstić information content (AvgIpc) is 2.97. The average molecular weight is 642 g/mol. The maximum atomic E-state index is 10.4. The van der Waals surface area contributed by atoms with E-state index in [9.17, 15) is 19.2 Å². The molecule has 0 fully saturated rings. The van der Waals surface area contributed by atoms with Crippen LogP contribution in [0.15, 0.2) is 54.6 Å². The zero-order valence-electron chi connectivity index (χ0n) is 24.0. The van der Waals surface area contributed by atoms with Crippen molar-refractivity contribution in [3.63, 3.8) is 0 Å². The lowest BCUT2D eigenvalue weighted by atomic mass is 10.1. The van der Waals surface area contributed by atoms with Gasteiger partial charge >= 0.3 is 23.9 Å². The van der Waals surface area contributed by atoms with Gasteiger partial charge in [0, 0.05) is 12.3 Å². The Balaban J connectivity index is 0. The van der Waals surface area contributed by atoms with Crippen molar-refractivity contribution in [1.82, 2.24) is 5.32 Å². The molecule has 2 rings (SSSR count).